The lowest BCUT2D eigenvalue weighted by Crippen LogP contribution is -1.95. The SMILES string of the molecule is CCCCOCCCC.CO.Cc1ccccc1.OCCO. The third-order valence-corrected chi connectivity index (χ3v) is 2.32. The molecule has 0 heterocycles. The summed E-state index contributed by atoms with van der Waals surface area (Å²) in [5, 5.41) is 22.2. The highest BCUT2D eigenvalue weighted by molar-refractivity contribution is 5.11. The number of aliphatic hydroxyl groups excluding tert-OH is 3. The van der Waals surface area contributed by atoms with Crippen LogP contribution < -0.4 is 0 Å². The van der Waals surface area contributed by atoms with E-state index in [0.717, 1.165) is 20.3 Å². The van der Waals surface area contributed by atoms with E-state index in [4.69, 9.17) is 20.1 Å². The summed E-state index contributed by atoms with van der Waals surface area (Å²) in [5.74, 6) is 0. The second kappa shape index (κ2) is 28.3. The fourth-order valence-electron chi connectivity index (χ4n) is 1.13. The van der Waals surface area contributed by atoms with Crippen LogP contribution in [0, 0.1) is 6.92 Å². The van der Waals surface area contributed by atoms with Crippen molar-refractivity contribution < 1.29 is 20.1 Å². The summed E-state index contributed by atoms with van der Waals surface area (Å²) >= 11 is 0. The molecule has 0 radical (unpaired) electrons. The van der Waals surface area contributed by atoms with E-state index in [0.29, 0.717) is 0 Å². The van der Waals surface area contributed by atoms with Crippen LogP contribution in [0.25, 0.3) is 0 Å². The third-order valence-electron chi connectivity index (χ3n) is 2.32. The van der Waals surface area contributed by atoms with Crippen molar-refractivity contribution in [2.24, 2.45) is 0 Å². The molecule has 0 aliphatic heterocycles. The molecule has 0 saturated heterocycles. The predicted molar refractivity (Wildman–Crippen MR) is 94.1 cm³/mol. The van der Waals surface area contributed by atoms with Gasteiger partial charge in [-0.05, 0) is 19.8 Å². The molecule has 0 aliphatic carbocycles. The van der Waals surface area contributed by atoms with Crippen LogP contribution in [0.1, 0.15) is 45.1 Å². The molecule has 0 unspecified atom stereocenters. The smallest absolute Gasteiger partial charge is 0.0662 e. The molecule has 4 nitrogen and oxygen atoms in total. The predicted octanol–water partition coefficient (Wildman–Crippen LogP) is 3.18. The van der Waals surface area contributed by atoms with Crippen molar-refractivity contribution in [2.45, 2.75) is 46.5 Å². The van der Waals surface area contributed by atoms with Gasteiger partial charge in [0, 0.05) is 20.3 Å². The normalized spacial score (nSPS) is 8.50. The topological polar surface area (TPSA) is 69.9 Å². The molecule has 132 valence electrons. The second-order valence-corrected chi connectivity index (χ2v) is 4.42. The number of aryl methyl sites for hydroxylation is 1. The monoisotopic (exact) mass is 316 g/mol. The van der Waals surface area contributed by atoms with Crippen LogP contribution in [0.2, 0.25) is 0 Å². The Bertz CT molecular complexity index is 245. The Morgan fingerprint density at radius 1 is 0.818 bits per heavy atom. The average Bonchev–Trinajstić information content (AvgIpc) is 2.58. The number of hydrogen-bond acceptors (Lipinski definition) is 4. The number of aliphatic hydroxyl groups is 3. The number of unbranched alkanes of at least 4 members (excludes halogenated alkanes) is 2. The Kier molecular flexibility index (Phi) is 33.4. The van der Waals surface area contributed by atoms with Gasteiger partial charge in [0.2, 0.25) is 0 Å². The molecule has 0 fully saturated rings. The van der Waals surface area contributed by atoms with E-state index in [9.17, 15) is 0 Å². The van der Waals surface area contributed by atoms with E-state index in [2.05, 4.69) is 32.9 Å². The first-order chi connectivity index (χ1) is 10.7. The highest BCUT2D eigenvalue weighted by Crippen LogP contribution is 1.92. The standard InChI is InChI=1S/C8H18O.C7H8.C2H6O2.CH4O/c1-3-5-7-9-8-6-4-2;1-7-5-3-2-4-6-7;3-1-2-4;1-2/h3-8H2,1-2H3;2-6H,1H3;3-4H,1-2H2;2H,1H3. The van der Waals surface area contributed by atoms with Gasteiger partial charge in [0.15, 0.2) is 0 Å². The molecule has 0 atom stereocenters. The highest BCUT2D eigenvalue weighted by atomic mass is 16.5. The molecule has 3 N–H and O–H groups in total. The van der Waals surface area contributed by atoms with Crippen LogP contribution in [0.15, 0.2) is 30.3 Å². The van der Waals surface area contributed by atoms with Gasteiger partial charge in [0.1, 0.15) is 0 Å². The van der Waals surface area contributed by atoms with Crippen molar-refractivity contribution in [3.63, 3.8) is 0 Å². The summed E-state index contributed by atoms with van der Waals surface area (Å²) in [7, 11) is 1.00. The first-order valence-electron chi connectivity index (χ1n) is 7.98. The minimum absolute atomic E-state index is 0.125. The lowest BCUT2D eigenvalue weighted by atomic mass is 10.2. The Morgan fingerprint density at radius 2 is 1.23 bits per heavy atom. The summed E-state index contributed by atoms with van der Waals surface area (Å²) < 4.78 is 5.31. The van der Waals surface area contributed by atoms with Gasteiger partial charge in [-0.3, -0.25) is 0 Å². The minimum Gasteiger partial charge on any atom is -0.400 e. The van der Waals surface area contributed by atoms with Crippen molar-refractivity contribution in [1.29, 1.82) is 0 Å². The Balaban J connectivity index is -0.000000247. The van der Waals surface area contributed by atoms with Gasteiger partial charge in [0.05, 0.1) is 13.2 Å². The highest BCUT2D eigenvalue weighted by Gasteiger charge is 1.84. The van der Waals surface area contributed by atoms with E-state index < -0.39 is 0 Å². The first-order valence-corrected chi connectivity index (χ1v) is 7.98. The molecular formula is C18H36O4. The van der Waals surface area contributed by atoms with Crippen LogP contribution in [0.5, 0.6) is 0 Å². The Hall–Kier alpha value is -0.940. The number of benzene rings is 1. The van der Waals surface area contributed by atoms with Crippen molar-refractivity contribution in [3.8, 4) is 0 Å². The fraction of sp³-hybridized carbons (Fsp3) is 0.667. The molecule has 0 aromatic heterocycles. The van der Waals surface area contributed by atoms with Crippen LogP contribution >= 0.6 is 0 Å². The van der Waals surface area contributed by atoms with E-state index >= 15 is 0 Å². The van der Waals surface area contributed by atoms with E-state index in [1.54, 1.807) is 0 Å². The maximum Gasteiger partial charge on any atom is 0.0662 e. The van der Waals surface area contributed by atoms with Gasteiger partial charge in [-0.15, -0.1) is 0 Å². The summed E-state index contributed by atoms with van der Waals surface area (Å²) in [6.07, 6.45) is 4.91. The van der Waals surface area contributed by atoms with Gasteiger partial charge in [-0.1, -0.05) is 62.6 Å². The molecule has 0 spiro atoms. The van der Waals surface area contributed by atoms with Gasteiger partial charge in [-0.2, -0.15) is 0 Å². The van der Waals surface area contributed by atoms with Gasteiger partial charge >= 0.3 is 0 Å². The Morgan fingerprint density at radius 3 is 1.45 bits per heavy atom. The Labute approximate surface area is 136 Å². The molecule has 0 bridgehead atoms. The van der Waals surface area contributed by atoms with Crippen LogP contribution in [-0.2, 0) is 4.74 Å². The number of rotatable bonds is 7. The van der Waals surface area contributed by atoms with Crippen LogP contribution in [-0.4, -0.2) is 48.9 Å². The summed E-state index contributed by atoms with van der Waals surface area (Å²) in [5.41, 5.74) is 1.32. The number of hydrogen-bond donors (Lipinski definition) is 3. The molecule has 0 amide bonds. The summed E-state index contributed by atoms with van der Waals surface area (Å²) in [6.45, 7) is 8.11. The molecular weight excluding hydrogens is 280 g/mol. The van der Waals surface area contributed by atoms with Crippen molar-refractivity contribution in [1.82, 2.24) is 0 Å². The second-order valence-electron chi connectivity index (χ2n) is 4.42. The molecule has 0 aliphatic rings. The first kappa shape index (κ1) is 26.0. The summed E-state index contributed by atoms with van der Waals surface area (Å²) in [4.78, 5) is 0. The van der Waals surface area contributed by atoms with Crippen LogP contribution in [0.4, 0.5) is 0 Å². The lowest BCUT2D eigenvalue weighted by molar-refractivity contribution is 0.128. The molecule has 0 saturated carbocycles. The largest absolute Gasteiger partial charge is 0.400 e. The zero-order chi connectivity index (χ0) is 17.5. The van der Waals surface area contributed by atoms with Crippen molar-refractivity contribution in [2.75, 3.05) is 33.5 Å². The zero-order valence-electron chi connectivity index (χ0n) is 14.8. The fourth-order valence-corrected chi connectivity index (χ4v) is 1.13. The van der Waals surface area contributed by atoms with E-state index in [1.165, 1.54) is 31.2 Å². The maximum absolute atomic E-state index is 7.62. The van der Waals surface area contributed by atoms with Gasteiger partial charge in [-0.25, -0.2) is 0 Å². The quantitative estimate of drug-likeness (QED) is 0.676. The average molecular weight is 316 g/mol. The van der Waals surface area contributed by atoms with Gasteiger partial charge in [0.25, 0.3) is 0 Å². The van der Waals surface area contributed by atoms with Crippen LogP contribution in [0.3, 0.4) is 0 Å². The molecule has 1 aromatic carbocycles. The third kappa shape index (κ3) is 31.4. The molecule has 1 aromatic rings. The molecule has 22 heavy (non-hydrogen) atoms. The summed E-state index contributed by atoms with van der Waals surface area (Å²) in [6, 6.07) is 10.3. The number of ether oxygens (including phenoxy) is 1. The lowest BCUT2D eigenvalue weighted by Gasteiger charge is -1.99. The van der Waals surface area contributed by atoms with Gasteiger partial charge < -0.3 is 20.1 Å². The van der Waals surface area contributed by atoms with Crippen molar-refractivity contribution in [3.05, 3.63) is 35.9 Å². The molecule has 4 heteroatoms. The molecule has 1 rings (SSSR count). The van der Waals surface area contributed by atoms with Crippen molar-refractivity contribution >= 4 is 0 Å². The maximum atomic E-state index is 7.62. The minimum atomic E-state index is -0.125. The zero-order valence-corrected chi connectivity index (χ0v) is 14.8. The van der Waals surface area contributed by atoms with E-state index in [-0.39, 0.29) is 13.2 Å². The van der Waals surface area contributed by atoms with E-state index in [1.807, 2.05) is 18.2 Å².